The van der Waals surface area contributed by atoms with E-state index in [0.29, 0.717) is 17.5 Å². The fourth-order valence-electron chi connectivity index (χ4n) is 9.28. The number of para-hydroxylation sites is 3. The van der Waals surface area contributed by atoms with E-state index in [0.717, 1.165) is 88.5 Å². The van der Waals surface area contributed by atoms with Gasteiger partial charge in [0.25, 0.3) is 0 Å². The van der Waals surface area contributed by atoms with E-state index in [-0.39, 0.29) is 0 Å². The third-order valence-corrected chi connectivity index (χ3v) is 12.3. The second-order valence-corrected chi connectivity index (χ2v) is 16.0. The molecule has 294 valence electrons. The van der Waals surface area contributed by atoms with Gasteiger partial charge in [-0.25, -0.2) is 15.0 Å². The first-order chi connectivity index (χ1) is 31.2. The van der Waals surface area contributed by atoms with E-state index in [1.54, 1.807) is 0 Å². The summed E-state index contributed by atoms with van der Waals surface area (Å²) in [7, 11) is 0. The van der Waals surface area contributed by atoms with Crippen molar-refractivity contribution in [3.8, 4) is 62.1 Å². The highest BCUT2D eigenvalue weighted by molar-refractivity contribution is 6.11. The van der Waals surface area contributed by atoms with Gasteiger partial charge in [-0.3, -0.25) is 0 Å². The van der Waals surface area contributed by atoms with Gasteiger partial charge in [0.05, 0.1) is 11.0 Å². The van der Waals surface area contributed by atoms with Crippen LogP contribution in [0.2, 0.25) is 0 Å². The van der Waals surface area contributed by atoms with E-state index in [2.05, 4.69) is 150 Å². The van der Waals surface area contributed by atoms with Crippen molar-refractivity contribution in [2.24, 2.45) is 0 Å². The van der Waals surface area contributed by atoms with Gasteiger partial charge in [0.2, 0.25) is 0 Å². The fourth-order valence-corrected chi connectivity index (χ4v) is 9.28. The minimum atomic E-state index is 0.560. The summed E-state index contributed by atoms with van der Waals surface area (Å²) in [5.41, 5.74) is 13.9. The van der Waals surface area contributed by atoms with Crippen molar-refractivity contribution in [1.82, 2.24) is 19.5 Å². The molecule has 13 aromatic rings. The van der Waals surface area contributed by atoms with Gasteiger partial charge in [0, 0.05) is 54.7 Å². The second kappa shape index (κ2) is 14.0. The zero-order chi connectivity index (χ0) is 41.4. The molecule has 0 N–H and O–H groups in total. The molecule has 0 saturated heterocycles. The lowest BCUT2D eigenvalue weighted by Crippen LogP contribution is -2.00. The number of hydrogen-bond acceptors (Lipinski definition) is 5. The normalized spacial score (nSPS) is 11.8. The Hall–Kier alpha value is -8.61. The molecule has 6 heteroatoms. The van der Waals surface area contributed by atoms with Gasteiger partial charge in [-0.15, -0.1) is 0 Å². The minimum absolute atomic E-state index is 0.560. The summed E-state index contributed by atoms with van der Waals surface area (Å²) < 4.78 is 15.3. The Labute approximate surface area is 361 Å². The largest absolute Gasteiger partial charge is 0.456 e. The molecule has 0 amide bonds. The Morgan fingerprint density at radius 3 is 1.40 bits per heavy atom. The van der Waals surface area contributed by atoms with Crippen molar-refractivity contribution in [3.63, 3.8) is 0 Å². The first-order valence-corrected chi connectivity index (χ1v) is 21.1. The molecule has 0 spiro atoms. The monoisotopic (exact) mass is 806 g/mol. The fraction of sp³-hybridized carbons (Fsp3) is 0. The second-order valence-electron chi connectivity index (χ2n) is 16.0. The summed E-state index contributed by atoms with van der Waals surface area (Å²) in [6.45, 7) is 0. The maximum atomic E-state index is 6.69. The van der Waals surface area contributed by atoms with Crippen LogP contribution in [0.25, 0.3) is 128 Å². The summed E-state index contributed by atoms with van der Waals surface area (Å²) in [4.78, 5) is 15.0. The minimum Gasteiger partial charge on any atom is -0.456 e. The summed E-state index contributed by atoms with van der Waals surface area (Å²) in [6, 6.07) is 71.7. The van der Waals surface area contributed by atoms with E-state index in [9.17, 15) is 0 Å². The van der Waals surface area contributed by atoms with Gasteiger partial charge >= 0.3 is 0 Å². The van der Waals surface area contributed by atoms with E-state index in [4.69, 9.17) is 23.8 Å². The molecule has 4 aromatic heterocycles. The Morgan fingerprint density at radius 2 is 0.730 bits per heavy atom. The molecule has 13 rings (SSSR count). The number of hydrogen-bond donors (Lipinski definition) is 0. The molecule has 0 saturated carbocycles. The Kier molecular flexibility index (Phi) is 7.80. The molecule has 0 bridgehead atoms. The molecule has 0 unspecified atom stereocenters. The van der Waals surface area contributed by atoms with Gasteiger partial charge in [-0.05, 0) is 95.1 Å². The first-order valence-electron chi connectivity index (χ1n) is 21.1. The lowest BCUT2D eigenvalue weighted by atomic mass is 9.93. The first kappa shape index (κ1) is 35.2. The van der Waals surface area contributed by atoms with Crippen molar-refractivity contribution < 1.29 is 8.83 Å². The van der Waals surface area contributed by atoms with Gasteiger partial charge in [-0.2, -0.15) is 0 Å². The number of benzene rings is 9. The molecular weight excluding hydrogens is 773 g/mol. The van der Waals surface area contributed by atoms with Gasteiger partial charge < -0.3 is 13.4 Å². The molecule has 0 aliphatic carbocycles. The third kappa shape index (κ3) is 5.76. The van der Waals surface area contributed by atoms with Crippen LogP contribution in [0, 0.1) is 0 Å². The van der Waals surface area contributed by atoms with E-state index < -0.39 is 0 Å². The Morgan fingerprint density at radius 1 is 0.286 bits per heavy atom. The van der Waals surface area contributed by atoms with Crippen LogP contribution in [0.15, 0.2) is 215 Å². The van der Waals surface area contributed by atoms with Crippen LogP contribution < -0.4 is 0 Å². The van der Waals surface area contributed by atoms with Crippen molar-refractivity contribution in [2.75, 3.05) is 0 Å². The van der Waals surface area contributed by atoms with Crippen LogP contribution in [-0.2, 0) is 0 Å². The standard InChI is InChI=1S/C57H34N4O2/c1-3-13-35(14-4-1)55-58-56(38-24-28-45-44-20-10-12-22-51(44)62-53(45)33-38)60-57(59-55)39-25-29-47-46-27-23-37(32-52(46)63-54(47)34-39)42-18-8-7-17-41(42)36-26-30-50-48(31-36)43-19-9-11-21-49(43)61(50)40-15-5-2-6-16-40/h1-34H. The Bertz CT molecular complexity index is 3920. The van der Waals surface area contributed by atoms with Gasteiger partial charge in [0.1, 0.15) is 22.3 Å². The summed E-state index contributed by atoms with van der Waals surface area (Å²) in [5, 5.41) is 6.66. The maximum Gasteiger partial charge on any atom is 0.164 e. The van der Waals surface area contributed by atoms with Crippen molar-refractivity contribution in [2.45, 2.75) is 0 Å². The van der Waals surface area contributed by atoms with Crippen molar-refractivity contribution in [1.29, 1.82) is 0 Å². The lowest BCUT2D eigenvalue weighted by molar-refractivity contribution is 0.669. The number of nitrogens with zero attached hydrogens (tertiary/aromatic N) is 4. The summed E-state index contributed by atoms with van der Waals surface area (Å²) in [6.07, 6.45) is 0. The highest BCUT2D eigenvalue weighted by Crippen LogP contribution is 2.41. The highest BCUT2D eigenvalue weighted by Gasteiger charge is 2.19. The lowest BCUT2D eigenvalue weighted by Gasteiger charge is -2.11. The number of fused-ring (bicyclic) bond motifs is 9. The number of aromatic nitrogens is 4. The van der Waals surface area contributed by atoms with Crippen LogP contribution in [0.5, 0.6) is 0 Å². The zero-order valence-electron chi connectivity index (χ0n) is 33.7. The summed E-state index contributed by atoms with van der Waals surface area (Å²) >= 11 is 0. The predicted octanol–water partition coefficient (Wildman–Crippen LogP) is 15.1. The molecule has 6 nitrogen and oxygen atoms in total. The van der Waals surface area contributed by atoms with Crippen LogP contribution in [0.1, 0.15) is 0 Å². The molecule has 0 radical (unpaired) electrons. The van der Waals surface area contributed by atoms with Crippen LogP contribution >= 0.6 is 0 Å². The zero-order valence-corrected chi connectivity index (χ0v) is 33.7. The van der Waals surface area contributed by atoms with Gasteiger partial charge in [0.15, 0.2) is 17.5 Å². The Balaban J connectivity index is 0.897. The highest BCUT2D eigenvalue weighted by atomic mass is 16.3. The average molecular weight is 807 g/mol. The van der Waals surface area contributed by atoms with Gasteiger partial charge in [-0.1, -0.05) is 133 Å². The molecule has 0 aliphatic rings. The molecule has 0 fully saturated rings. The van der Waals surface area contributed by atoms with Crippen LogP contribution in [0.4, 0.5) is 0 Å². The number of furan rings is 2. The van der Waals surface area contributed by atoms with E-state index in [1.165, 1.54) is 21.8 Å². The molecular formula is C57H34N4O2. The van der Waals surface area contributed by atoms with Crippen molar-refractivity contribution in [3.05, 3.63) is 206 Å². The third-order valence-electron chi connectivity index (χ3n) is 12.3. The molecule has 63 heavy (non-hydrogen) atoms. The molecule has 4 heterocycles. The summed E-state index contributed by atoms with van der Waals surface area (Å²) in [5.74, 6) is 1.72. The smallest absolute Gasteiger partial charge is 0.164 e. The quantitative estimate of drug-likeness (QED) is 0.167. The maximum absolute atomic E-state index is 6.69. The van der Waals surface area contributed by atoms with Crippen LogP contribution in [0.3, 0.4) is 0 Å². The van der Waals surface area contributed by atoms with E-state index in [1.807, 2.05) is 60.7 Å². The van der Waals surface area contributed by atoms with Crippen LogP contribution in [-0.4, -0.2) is 19.5 Å². The van der Waals surface area contributed by atoms with E-state index >= 15 is 0 Å². The van der Waals surface area contributed by atoms with Crippen molar-refractivity contribution >= 4 is 65.7 Å². The SMILES string of the molecule is c1ccc(-c2nc(-c3ccc4c(c3)oc3ccccc34)nc(-c3ccc4c(c3)oc3cc(-c5ccccc5-c5ccc6c(c5)c5ccccc5n6-c5ccccc5)ccc34)n2)cc1. The topological polar surface area (TPSA) is 69.9 Å². The number of rotatable bonds is 6. The molecule has 0 aliphatic heterocycles. The predicted molar refractivity (Wildman–Crippen MR) is 256 cm³/mol. The molecule has 0 atom stereocenters. The molecule has 9 aromatic carbocycles. The average Bonchev–Trinajstić information content (AvgIpc) is 4.03.